The summed E-state index contributed by atoms with van der Waals surface area (Å²) in [5, 5.41) is 6.94. The number of furan rings is 1. The predicted molar refractivity (Wildman–Crippen MR) is 320 cm³/mol. The van der Waals surface area contributed by atoms with E-state index in [9.17, 15) is 0 Å². The molecule has 0 saturated heterocycles. The Hall–Kier alpha value is -7.88. The molecule has 1 heterocycles. The molecule has 0 atom stereocenters. The van der Waals surface area contributed by atoms with Crippen molar-refractivity contribution in [2.24, 2.45) is 0 Å². The maximum absolute atomic E-state index is 6.95. The minimum atomic E-state index is 0.0486. The molecule has 11 aromatic rings. The fourth-order valence-electron chi connectivity index (χ4n) is 12.4. The monoisotopic (exact) mass is 975 g/mol. The van der Waals surface area contributed by atoms with Gasteiger partial charge in [0.2, 0.25) is 0 Å². The first-order chi connectivity index (χ1) is 36.4. The quantitative estimate of drug-likeness (QED) is 0.151. The van der Waals surface area contributed by atoms with Gasteiger partial charge in [0.1, 0.15) is 11.2 Å². The molecule has 10 aromatic carbocycles. The van der Waals surface area contributed by atoms with Crippen LogP contribution in [0, 0.1) is 0 Å². The normalized spacial score (nSPS) is 13.8. The number of benzene rings is 10. The second-order valence-corrected chi connectivity index (χ2v) is 23.5. The summed E-state index contributed by atoms with van der Waals surface area (Å²) in [4.78, 5) is 4.98. The first-order valence-corrected chi connectivity index (χ1v) is 27.5. The van der Waals surface area contributed by atoms with Gasteiger partial charge in [0.15, 0.2) is 0 Å². The molecule has 1 aromatic heterocycles. The first kappa shape index (κ1) is 46.9. The van der Waals surface area contributed by atoms with Crippen LogP contribution in [-0.4, -0.2) is 0 Å². The van der Waals surface area contributed by atoms with Gasteiger partial charge >= 0.3 is 0 Å². The van der Waals surface area contributed by atoms with Crippen LogP contribution in [0.1, 0.15) is 101 Å². The highest BCUT2D eigenvalue weighted by Crippen LogP contribution is 2.49. The molecule has 0 amide bonds. The first-order valence-electron chi connectivity index (χ1n) is 27.5. The third-order valence-corrected chi connectivity index (χ3v) is 16.5. The summed E-state index contributed by atoms with van der Waals surface area (Å²) in [6.07, 6.45) is 9.36. The fraction of sp³-hybridized carbons (Fsp3) is 0.222. The van der Waals surface area contributed by atoms with E-state index in [0.717, 1.165) is 81.1 Å². The van der Waals surface area contributed by atoms with Crippen LogP contribution >= 0.6 is 0 Å². The number of fused-ring (bicyclic) bond motifs is 7. The van der Waals surface area contributed by atoms with Gasteiger partial charge in [0, 0.05) is 44.6 Å². The second kappa shape index (κ2) is 18.5. The SMILES string of the molecule is CC(C)(C)c1ccc(N(c2ccc3cc4c(cc3c2)oc2cc3cc(N(c5ccc(C(C)(C)C)cc5)c5ccc6c(c5-c5ccccc5)CCCC6)ccc3cc24)c2ccc3c(c2-c2ccccc2)CCCC3)cc1. The van der Waals surface area contributed by atoms with E-state index in [2.05, 4.69) is 245 Å². The van der Waals surface area contributed by atoms with Gasteiger partial charge in [-0.15, -0.1) is 0 Å². The Morgan fingerprint density at radius 1 is 0.347 bits per heavy atom. The largest absolute Gasteiger partial charge is 0.456 e. The summed E-state index contributed by atoms with van der Waals surface area (Å²) in [6, 6.07) is 73.4. The molecule has 13 rings (SSSR count). The van der Waals surface area contributed by atoms with E-state index in [0.29, 0.717) is 0 Å². The minimum Gasteiger partial charge on any atom is -0.456 e. The molecule has 3 heteroatoms. The lowest BCUT2D eigenvalue weighted by Gasteiger charge is -2.32. The number of anilines is 6. The Morgan fingerprint density at radius 2 is 0.733 bits per heavy atom. The average molecular weight is 975 g/mol. The lowest BCUT2D eigenvalue weighted by atomic mass is 9.84. The molecule has 0 saturated carbocycles. The lowest BCUT2D eigenvalue weighted by molar-refractivity contribution is 0.590. The Kier molecular flexibility index (Phi) is 11.6. The van der Waals surface area contributed by atoms with Gasteiger partial charge in [0.05, 0.1) is 11.4 Å². The molecule has 0 N–H and O–H groups in total. The average Bonchev–Trinajstić information content (AvgIpc) is 3.77. The van der Waals surface area contributed by atoms with Crippen molar-refractivity contribution in [2.75, 3.05) is 9.80 Å². The van der Waals surface area contributed by atoms with Gasteiger partial charge < -0.3 is 14.2 Å². The molecule has 0 fully saturated rings. The van der Waals surface area contributed by atoms with Crippen LogP contribution in [-0.2, 0) is 36.5 Å². The highest BCUT2D eigenvalue weighted by molar-refractivity contribution is 6.14. The van der Waals surface area contributed by atoms with E-state index < -0.39 is 0 Å². The molecule has 75 heavy (non-hydrogen) atoms. The van der Waals surface area contributed by atoms with Crippen molar-refractivity contribution >= 4 is 77.6 Å². The van der Waals surface area contributed by atoms with Crippen LogP contribution in [0.3, 0.4) is 0 Å². The van der Waals surface area contributed by atoms with Crippen LogP contribution < -0.4 is 9.80 Å². The van der Waals surface area contributed by atoms with Gasteiger partial charge in [-0.1, -0.05) is 151 Å². The standard InChI is InChI=1S/C72H66N2O/c1-71(2,3)55-29-35-57(36-30-55)73(65-39-27-47-17-13-15-23-61(47)69(65)49-19-9-7-10-20-49)59-33-25-51-43-63-64-44-52-26-34-60(42-54(52)46-68(64)75-67(63)45-53(51)41-59)74(58-37-31-56(32-38-58)72(4,5)6)66-40-28-48-18-14-16-24-62(48)70(66)50-21-11-8-12-22-50/h7-12,19-22,25-46H,13-18,23-24H2,1-6H3. The molecular weight excluding hydrogens is 909 g/mol. The molecule has 3 nitrogen and oxygen atoms in total. The van der Waals surface area contributed by atoms with Crippen molar-refractivity contribution in [2.45, 2.75) is 104 Å². The third-order valence-electron chi connectivity index (χ3n) is 16.5. The summed E-state index contributed by atoms with van der Waals surface area (Å²) in [6.45, 7) is 13.7. The second-order valence-electron chi connectivity index (χ2n) is 23.5. The third kappa shape index (κ3) is 8.57. The summed E-state index contributed by atoms with van der Waals surface area (Å²) >= 11 is 0. The molecule has 0 bridgehead atoms. The number of hydrogen-bond donors (Lipinski definition) is 0. The van der Waals surface area contributed by atoms with Crippen LogP contribution in [0.4, 0.5) is 34.1 Å². The van der Waals surface area contributed by atoms with E-state index in [-0.39, 0.29) is 10.8 Å². The molecule has 2 aliphatic rings. The van der Waals surface area contributed by atoms with Crippen molar-refractivity contribution in [3.05, 3.63) is 228 Å². The summed E-state index contributed by atoms with van der Waals surface area (Å²) < 4.78 is 6.95. The molecule has 0 spiro atoms. The van der Waals surface area contributed by atoms with E-state index in [4.69, 9.17) is 4.42 Å². The van der Waals surface area contributed by atoms with Gasteiger partial charge in [0.25, 0.3) is 0 Å². The van der Waals surface area contributed by atoms with Crippen molar-refractivity contribution in [1.82, 2.24) is 0 Å². The Bertz CT molecular complexity index is 3690. The van der Waals surface area contributed by atoms with Gasteiger partial charge in [-0.2, -0.15) is 0 Å². The summed E-state index contributed by atoms with van der Waals surface area (Å²) in [5.74, 6) is 0. The molecule has 0 radical (unpaired) electrons. The van der Waals surface area contributed by atoms with Crippen molar-refractivity contribution in [3.8, 4) is 22.3 Å². The molecule has 2 aliphatic carbocycles. The topological polar surface area (TPSA) is 19.6 Å². The van der Waals surface area contributed by atoms with Crippen molar-refractivity contribution in [3.63, 3.8) is 0 Å². The van der Waals surface area contributed by atoms with Gasteiger partial charge in [-0.3, -0.25) is 0 Å². The van der Waals surface area contributed by atoms with Crippen LogP contribution in [0.25, 0.3) is 65.7 Å². The van der Waals surface area contributed by atoms with Crippen molar-refractivity contribution in [1.29, 1.82) is 0 Å². The minimum absolute atomic E-state index is 0.0486. The van der Waals surface area contributed by atoms with Gasteiger partial charge in [-0.05, 0) is 213 Å². The Labute approximate surface area is 443 Å². The van der Waals surface area contributed by atoms with E-state index in [1.807, 2.05) is 0 Å². The number of aryl methyl sites for hydroxylation is 2. The summed E-state index contributed by atoms with van der Waals surface area (Å²) in [7, 11) is 0. The zero-order valence-corrected chi connectivity index (χ0v) is 44.4. The predicted octanol–water partition coefficient (Wildman–Crippen LogP) is 20.5. The highest BCUT2D eigenvalue weighted by Gasteiger charge is 2.27. The molecule has 370 valence electrons. The molecule has 0 unspecified atom stereocenters. The Morgan fingerprint density at radius 3 is 1.13 bits per heavy atom. The van der Waals surface area contributed by atoms with E-state index in [1.54, 1.807) is 0 Å². The maximum atomic E-state index is 6.95. The van der Waals surface area contributed by atoms with Crippen LogP contribution in [0.5, 0.6) is 0 Å². The molecule has 0 aliphatic heterocycles. The number of rotatable bonds is 8. The fourth-order valence-corrected chi connectivity index (χ4v) is 12.4. The van der Waals surface area contributed by atoms with E-state index in [1.165, 1.54) is 103 Å². The maximum Gasteiger partial charge on any atom is 0.136 e. The smallest absolute Gasteiger partial charge is 0.136 e. The highest BCUT2D eigenvalue weighted by atomic mass is 16.3. The molecular formula is C72H66N2O. The zero-order valence-electron chi connectivity index (χ0n) is 44.4. The van der Waals surface area contributed by atoms with Crippen LogP contribution in [0.15, 0.2) is 199 Å². The number of hydrogen-bond acceptors (Lipinski definition) is 3. The zero-order chi connectivity index (χ0) is 51.0. The van der Waals surface area contributed by atoms with Crippen LogP contribution in [0.2, 0.25) is 0 Å². The number of nitrogens with zero attached hydrogens (tertiary/aromatic N) is 2. The lowest BCUT2D eigenvalue weighted by Crippen LogP contribution is -2.15. The van der Waals surface area contributed by atoms with Crippen molar-refractivity contribution < 1.29 is 4.42 Å². The Balaban J connectivity index is 0.943. The van der Waals surface area contributed by atoms with E-state index >= 15 is 0 Å². The summed E-state index contributed by atoms with van der Waals surface area (Å²) in [5.41, 5.74) is 22.7. The van der Waals surface area contributed by atoms with Gasteiger partial charge in [-0.25, -0.2) is 0 Å².